The van der Waals surface area contributed by atoms with Crippen molar-refractivity contribution in [2.24, 2.45) is 0 Å². The van der Waals surface area contributed by atoms with Crippen LogP contribution in [-0.4, -0.2) is 43.2 Å². The van der Waals surface area contributed by atoms with E-state index in [9.17, 15) is 4.79 Å². The second-order valence-electron chi connectivity index (χ2n) is 4.08. The van der Waals surface area contributed by atoms with Crippen LogP contribution >= 0.6 is 11.6 Å². The molecule has 0 amide bonds. The van der Waals surface area contributed by atoms with Gasteiger partial charge in [-0.05, 0) is 45.3 Å². The van der Waals surface area contributed by atoms with Gasteiger partial charge in [-0.3, -0.25) is 0 Å². The fourth-order valence-corrected chi connectivity index (χ4v) is 1.64. The number of carboxylic acids is 1. The van der Waals surface area contributed by atoms with Crippen LogP contribution in [0.4, 0.5) is 5.69 Å². The predicted molar refractivity (Wildman–Crippen MR) is 70.1 cm³/mol. The van der Waals surface area contributed by atoms with Gasteiger partial charge < -0.3 is 15.3 Å². The number of nitrogens with zero attached hydrogens (tertiary/aromatic N) is 1. The van der Waals surface area contributed by atoms with Crippen molar-refractivity contribution in [1.82, 2.24) is 4.90 Å². The number of nitrogens with one attached hydrogen (secondary N) is 1. The Morgan fingerprint density at radius 2 is 2.18 bits per heavy atom. The smallest absolute Gasteiger partial charge is 0.337 e. The van der Waals surface area contributed by atoms with Gasteiger partial charge in [-0.1, -0.05) is 11.6 Å². The first-order valence-electron chi connectivity index (χ1n) is 5.42. The molecule has 0 aliphatic heterocycles. The molecule has 2 N–H and O–H groups in total. The van der Waals surface area contributed by atoms with Crippen molar-refractivity contribution in [2.45, 2.75) is 6.42 Å². The molecule has 0 saturated carbocycles. The highest BCUT2D eigenvalue weighted by atomic mass is 35.5. The second-order valence-corrected chi connectivity index (χ2v) is 4.52. The van der Waals surface area contributed by atoms with E-state index in [1.807, 2.05) is 14.1 Å². The molecule has 4 nitrogen and oxygen atoms in total. The van der Waals surface area contributed by atoms with E-state index >= 15 is 0 Å². The molecule has 0 aliphatic rings. The molecule has 0 saturated heterocycles. The number of benzene rings is 1. The minimum atomic E-state index is -0.970. The molecule has 94 valence electrons. The van der Waals surface area contributed by atoms with E-state index in [4.69, 9.17) is 16.7 Å². The summed E-state index contributed by atoms with van der Waals surface area (Å²) in [6, 6.07) is 4.84. The van der Waals surface area contributed by atoms with Crippen molar-refractivity contribution in [3.8, 4) is 0 Å². The molecule has 0 aliphatic carbocycles. The molecule has 0 unspecified atom stereocenters. The summed E-state index contributed by atoms with van der Waals surface area (Å²) in [5.41, 5.74) is 0.822. The third kappa shape index (κ3) is 4.63. The molecule has 0 radical (unpaired) electrons. The lowest BCUT2D eigenvalue weighted by Gasteiger charge is -2.12. The van der Waals surface area contributed by atoms with Gasteiger partial charge >= 0.3 is 5.97 Å². The van der Waals surface area contributed by atoms with Crippen LogP contribution in [-0.2, 0) is 0 Å². The van der Waals surface area contributed by atoms with Gasteiger partial charge in [0.05, 0.1) is 5.56 Å². The van der Waals surface area contributed by atoms with E-state index in [0.29, 0.717) is 10.7 Å². The number of aromatic carboxylic acids is 1. The fourth-order valence-electron chi connectivity index (χ4n) is 1.47. The van der Waals surface area contributed by atoms with Gasteiger partial charge in [-0.2, -0.15) is 0 Å². The number of hydrogen-bond acceptors (Lipinski definition) is 3. The first-order valence-corrected chi connectivity index (χ1v) is 5.80. The molecule has 0 bridgehead atoms. The third-order valence-corrected chi connectivity index (χ3v) is 2.54. The molecule has 0 fully saturated rings. The first kappa shape index (κ1) is 13.8. The van der Waals surface area contributed by atoms with E-state index < -0.39 is 5.97 Å². The van der Waals surface area contributed by atoms with Crippen molar-refractivity contribution in [3.05, 3.63) is 28.8 Å². The second kappa shape index (κ2) is 6.47. The topological polar surface area (TPSA) is 52.6 Å². The maximum Gasteiger partial charge on any atom is 0.337 e. The summed E-state index contributed by atoms with van der Waals surface area (Å²) < 4.78 is 0. The Morgan fingerprint density at radius 3 is 2.76 bits per heavy atom. The lowest BCUT2D eigenvalue weighted by molar-refractivity contribution is 0.0698. The van der Waals surface area contributed by atoms with Crippen LogP contribution in [0, 0.1) is 0 Å². The van der Waals surface area contributed by atoms with Gasteiger partial charge in [0.15, 0.2) is 0 Å². The number of rotatable bonds is 6. The Morgan fingerprint density at radius 1 is 1.47 bits per heavy atom. The Labute approximate surface area is 106 Å². The van der Waals surface area contributed by atoms with Gasteiger partial charge in [0.25, 0.3) is 0 Å². The Hall–Kier alpha value is -1.26. The van der Waals surface area contributed by atoms with E-state index in [1.165, 1.54) is 6.07 Å². The summed E-state index contributed by atoms with van der Waals surface area (Å²) in [4.78, 5) is 13.1. The number of carbonyl (C=O) groups is 1. The summed E-state index contributed by atoms with van der Waals surface area (Å²) in [6.45, 7) is 1.70. The highest BCUT2D eigenvalue weighted by molar-refractivity contribution is 6.31. The van der Waals surface area contributed by atoms with Crippen molar-refractivity contribution in [2.75, 3.05) is 32.5 Å². The SMILES string of the molecule is CN(C)CCCNc1ccc(Cl)cc1C(=O)O. The molecule has 1 rings (SSSR count). The summed E-state index contributed by atoms with van der Waals surface area (Å²) in [5, 5.41) is 12.6. The van der Waals surface area contributed by atoms with Gasteiger partial charge in [0.1, 0.15) is 0 Å². The normalized spacial score (nSPS) is 10.6. The Bertz CT molecular complexity index is 394. The quantitative estimate of drug-likeness (QED) is 0.768. The largest absolute Gasteiger partial charge is 0.478 e. The van der Waals surface area contributed by atoms with Crippen LogP contribution < -0.4 is 5.32 Å². The Balaban J connectivity index is 2.61. The monoisotopic (exact) mass is 256 g/mol. The van der Waals surface area contributed by atoms with Crippen LogP contribution in [0.25, 0.3) is 0 Å². The van der Waals surface area contributed by atoms with Crippen LogP contribution in [0.15, 0.2) is 18.2 Å². The Kier molecular flexibility index (Phi) is 5.25. The van der Waals surface area contributed by atoms with Crippen LogP contribution in [0.5, 0.6) is 0 Å². The standard InChI is InChI=1S/C12H17ClN2O2/c1-15(2)7-3-6-14-11-5-4-9(13)8-10(11)12(16)17/h4-5,8,14H,3,6-7H2,1-2H3,(H,16,17). The van der Waals surface area contributed by atoms with Crippen molar-refractivity contribution in [3.63, 3.8) is 0 Å². The molecule has 0 spiro atoms. The van der Waals surface area contributed by atoms with Crippen LogP contribution in [0.2, 0.25) is 5.02 Å². The summed E-state index contributed by atoms with van der Waals surface area (Å²) >= 11 is 5.77. The predicted octanol–water partition coefficient (Wildman–Crippen LogP) is 2.40. The summed E-state index contributed by atoms with van der Waals surface area (Å²) in [7, 11) is 4.01. The first-order chi connectivity index (χ1) is 8.00. The maximum atomic E-state index is 11.0. The summed E-state index contributed by atoms with van der Waals surface area (Å²) in [6.07, 6.45) is 0.953. The zero-order valence-corrected chi connectivity index (χ0v) is 10.8. The van der Waals surface area contributed by atoms with Gasteiger partial charge in [-0.25, -0.2) is 4.79 Å². The molecule has 0 atom stereocenters. The van der Waals surface area contributed by atoms with Gasteiger partial charge in [0.2, 0.25) is 0 Å². The lowest BCUT2D eigenvalue weighted by atomic mass is 10.2. The van der Waals surface area contributed by atoms with E-state index in [0.717, 1.165) is 19.5 Å². The highest BCUT2D eigenvalue weighted by Gasteiger charge is 2.09. The molecule has 17 heavy (non-hydrogen) atoms. The minimum Gasteiger partial charge on any atom is -0.478 e. The zero-order valence-electron chi connectivity index (χ0n) is 10.0. The number of anilines is 1. The van der Waals surface area contributed by atoms with Crippen LogP contribution in [0.3, 0.4) is 0 Å². The van der Waals surface area contributed by atoms with E-state index in [2.05, 4.69) is 10.2 Å². The average Bonchev–Trinajstić information content (AvgIpc) is 2.25. The molecule has 5 heteroatoms. The fraction of sp³-hybridized carbons (Fsp3) is 0.417. The third-order valence-electron chi connectivity index (χ3n) is 2.31. The van der Waals surface area contributed by atoms with Crippen LogP contribution in [0.1, 0.15) is 16.8 Å². The minimum absolute atomic E-state index is 0.211. The maximum absolute atomic E-state index is 11.0. The molecule has 0 heterocycles. The van der Waals surface area contributed by atoms with Crippen molar-refractivity contribution in [1.29, 1.82) is 0 Å². The molecular weight excluding hydrogens is 240 g/mol. The summed E-state index contributed by atoms with van der Waals surface area (Å²) in [5.74, 6) is -0.970. The zero-order chi connectivity index (χ0) is 12.8. The highest BCUT2D eigenvalue weighted by Crippen LogP contribution is 2.20. The molecule has 1 aromatic carbocycles. The van der Waals surface area contributed by atoms with Crippen molar-refractivity contribution >= 4 is 23.3 Å². The lowest BCUT2D eigenvalue weighted by Crippen LogP contribution is -2.17. The van der Waals surface area contributed by atoms with Crippen molar-refractivity contribution < 1.29 is 9.90 Å². The molecule has 0 aromatic heterocycles. The van der Waals surface area contributed by atoms with Gasteiger partial charge in [-0.15, -0.1) is 0 Å². The average molecular weight is 257 g/mol. The number of halogens is 1. The number of hydrogen-bond donors (Lipinski definition) is 2. The van der Waals surface area contributed by atoms with E-state index in [-0.39, 0.29) is 5.56 Å². The number of carboxylic acid groups (broad SMARTS) is 1. The molecular formula is C12H17ClN2O2. The molecule has 1 aromatic rings. The van der Waals surface area contributed by atoms with Gasteiger partial charge in [0, 0.05) is 17.3 Å². The van der Waals surface area contributed by atoms with E-state index in [1.54, 1.807) is 12.1 Å².